The van der Waals surface area contributed by atoms with E-state index in [2.05, 4.69) is 20.3 Å². The molecule has 176 valence electrons. The summed E-state index contributed by atoms with van der Waals surface area (Å²) in [6.07, 6.45) is 0.177. The first-order chi connectivity index (χ1) is 15.7. The third-order valence-electron chi connectivity index (χ3n) is 5.18. The van der Waals surface area contributed by atoms with Crippen LogP contribution in [-0.4, -0.2) is 51.9 Å². The van der Waals surface area contributed by atoms with Gasteiger partial charge < -0.3 is 10.4 Å². The highest BCUT2D eigenvalue weighted by atomic mass is 32.2. The SMILES string of the molecule is O=S(=O)(c1cccc(-c2ncc(CO)cn2)c1)N1CCC(Nc2ncc(C(F)(F)F)s2)CC1. The van der Waals surface area contributed by atoms with E-state index in [0.29, 0.717) is 41.1 Å². The first-order valence-electron chi connectivity index (χ1n) is 9.99. The number of aliphatic hydroxyl groups is 1. The van der Waals surface area contributed by atoms with Crippen LogP contribution in [0.3, 0.4) is 0 Å². The molecule has 0 bridgehead atoms. The second-order valence-corrected chi connectivity index (χ2v) is 10.4. The summed E-state index contributed by atoms with van der Waals surface area (Å²) in [7, 11) is -3.77. The van der Waals surface area contributed by atoms with Crippen molar-refractivity contribution in [2.75, 3.05) is 18.4 Å². The van der Waals surface area contributed by atoms with Crippen molar-refractivity contribution in [2.24, 2.45) is 0 Å². The van der Waals surface area contributed by atoms with Crippen LogP contribution in [-0.2, 0) is 22.8 Å². The number of nitrogens with one attached hydrogen (secondary N) is 1. The summed E-state index contributed by atoms with van der Waals surface area (Å²) in [5.41, 5.74) is 1.08. The number of aromatic nitrogens is 3. The lowest BCUT2D eigenvalue weighted by molar-refractivity contribution is -0.134. The predicted octanol–water partition coefficient (Wildman–Crippen LogP) is 3.38. The van der Waals surface area contributed by atoms with Crippen LogP contribution in [0.25, 0.3) is 11.4 Å². The highest BCUT2D eigenvalue weighted by molar-refractivity contribution is 7.89. The molecule has 13 heteroatoms. The number of alkyl halides is 3. The molecule has 3 heterocycles. The van der Waals surface area contributed by atoms with Gasteiger partial charge in [0.05, 0.1) is 17.7 Å². The zero-order chi connectivity index (χ0) is 23.6. The summed E-state index contributed by atoms with van der Waals surface area (Å²) in [5.74, 6) is 0.342. The highest BCUT2D eigenvalue weighted by Crippen LogP contribution is 2.35. The molecule has 8 nitrogen and oxygen atoms in total. The molecule has 1 aliphatic rings. The monoisotopic (exact) mass is 499 g/mol. The molecule has 0 atom stereocenters. The normalized spacial score (nSPS) is 16.1. The summed E-state index contributed by atoms with van der Waals surface area (Å²) >= 11 is 0.534. The summed E-state index contributed by atoms with van der Waals surface area (Å²) in [6.45, 7) is 0.262. The maximum absolute atomic E-state index is 13.1. The highest BCUT2D eigenvalue weighted by Gasteiger charge is 2.34. The first-order valence-corrected chi connectivity index (χ1v) is 12.2. The zero-order valence-corrected chi connectivity index (χ0v) is 18.8. The van der Waals surface area contributed by atoms with E-state index in [0.717, 1.165) is 6.20 Å². The molecule has 4 rings (SSSR count). The Morgan fingerprint density at radius 1 is 1.12 bits per heavy atom. The number of piperidine rings is 1. The zero-order valence-electron chi connectivity index (χ0n) is 17.2. The van der Waals surface area contributed by atoms with Crippen LogP contribution in [0.5, 0.6) is 0 Å². The molecule has 0 radical (unpaired) electrons. The molecule has 0 aliphatic carbocycles. The molecule has 2 N–H and O–H groups in total. The summed E-state index contributed by atoms with van der Waals surface area (Å²) in [6, 6.07) is 6.14. The van der Waals surface area contributed by atoms with Gasteiger partial charge in [0.25, 0.3) is 0 Å². The van der Waals surface area contributed by atoms with E-state index in [1.165, 1.54) is 28.8 Å². The first kappa shape index (κ1) is 23.5. The predicted molar refractivity (Wildman–Crippen MR) is 116 cm³/mol. The summed E-state index contributed by atoms with van der Waals surface area (Å²) in [4.78, 5) is 11.4. The van der Waals surface area contributed by atoms with Crippen molar-refractivity contribution < 1.29 is 26.7 Å². The van der Waals surface area contributed by atoms with E-state index in [1.807, 2.05) is 0 Å². The Balaban J connectivity index is 1.42. The topological polar surface area (TPSA) is 108 Å². The minimum absolute atomic E-state index is 0.107. The molecular formula is C20H20F3N5O3S2. The van der Waals surface area contributed by atoms with Gasteiger partial charge in [-0.1, -0.05) is 23.5 Å². The van der Waals surface area contributed by atoms with Gasteiger partial charge in [-0.2, -0.15) is 17.5 Å². The number of hydrogen-bond donors (Lipinski definition) is 2. The molecule has 0 saturated carbocycles. The fourth-order valence-corrected chi connectivity index (χ4v) is 5.69. The largest absolute Gasteiger partial charge is 0.427 e. The van der Waals surface area contributed by atoms with E-state index in [4.69, 9.17) is 5.11 Å². The Kier molecular flexibility index (Phi) is 6.66. The Labute approximate surface area is 192 Å². The average Bonchev–Trinajstić information content (AvgIpc) is 3.29. The molecule has 1 fully saturated rings. The number of benzene rings is 1. The molecule has 3 aromatic rings. The van der Waals surface area contributed by atoms with Gasteiger partial charge in [-0.3, -0.25) is 0 Å². The van der Waals surface area contributed by atoms with Crippen LogP contribution in [0.15, 0.2) is 47.8 Å². The number of aliphatic hydroxyl groups excluding tert-OH is 1. The van der Waals surface area contributed by atoms with Crippen LogP contribution >= 0.6 is 11.3 Å². The molecule has 1 saturated heterocycles. The Morgan fingerprint density at radius 2 is 1.82 bits per heavy atom. The van der Waals surface area contributed by atoms with Crippen LogP contribution in [0.4, 0.5) is 18.3 Å². The minimum Gasteiger partial charge on any atom is -0.392 e. The summed E-state index contributed by atoms with van der Waals surface area (Å²) in [5, 5.41) is 12.3. The van der Waals surface area contributed by atoms with Gasteiger partial charge in [0, 0.05) is 42.7 Å². The van der Waals surface area contributed by atoms with Gasteiger partial charge >= 0.3 is 6.18 Å². The van der Waals surface area contributed by atoms with Crippen LogP contribution < -0.4 is 5.32 Å². The van der Waals surface area contributed by atoms with Crippen molar-refractivity contribution in [3.63, 3.8) is 0 Å². The maximum Gasteiger partial charge on any atom is 0.427 e. The van der Waals surface area contributed by atoms with Crippen molar-refractivity contribution in [1.82, 2.24) is 19.3 Å². The van der Waals surface area contributed by atoms with Gasteiger partial charge in [-0.25, -0.2) is 23.4 Å². The number of anilines is 1. The molecule has 1 aliphatic heterocycles. The fourth-order valence-electron chi connectivity index (χ4n) is 3.42. The Hall–Kier alpha value is -2.61. The quantitative estimate of drug-likeness (QED) is 0.535. The van der Waals surface area contributed by atoms with Crippen molar-refractivity contribution >= 4 is 26.5 Å². The summed E-state index contributed by atoms with van der Waals surface area (Å²) < 4.78 is 65.9. The number of nitrogens with zero attached hydrogens (tertiary/aromatic N) is 4. The molecule has 0 amide bonds. The van der Waals surface area contributed by atoms with Crippen molar-refractivity contribution in [1.29, 1.82) is 0 Å². The average molecular weight is 500 g/mol. The number of halogens is 3. The minimum atomic E-state index is -4.44. The number of sulfonamides is 1. The molecule has 1 aromatic carbocycles. The van der Waals surface area contributed by atoms with E-state index >= 15 is 0 Å². The number of hydrogen-bond acceptors (Lipinski definition) is 8. The molecule has 0 spiro atoms. The van der Waals surface area contributed by atoms with E-state index < -0.39 is 21.1 Å². The number of thiazole rings is 1. The fraction of sp³-hybridized carbons (Fsp3) is 0.350. The van der Waals surface area contributed by atoms with E-state index in [1.54, 1.807) is 12.1 Å². The maximum atomic E-state index is 13.1. The number of rotatable bonds is 6. The van der Waals surface area contributed by atoms with Crippen LogP contribution in [0, 0.1) is 0 Å². The lowest BCUT2D eigenvalue weighted by Gasteiger charge is -2.31. The standard InChI is InChI=1S/C20H20F3N5O3S2/c21-20(22,23)17-11-26-19(32-17)27-15-4-6-28(7-5-15)33(30,31)16-3-1-2-14(8-16)18-24-9-13(12-29)10-25-18/h1-3,8-11,15,29H,4-7,12H2,(H,26,27). The molecule has 2 aromatic heterocycles. The van der Waals surface area contributed by atoms with Gasteiger partial charge in [0.1, 0.15) is 4.88 Å². The second-order valence-electron chi connectivity index (χ2n) is 7.45. The second kappa shape index (κ2) is 9.33. The van der Waals surface area contributed by atoms with Gasteiger partial charge in [0.15, 0.2) is 11.0 Å². The lowest BCUT2D eigenvalue weighted by Crippen LogP contribution is -2.42. The van der Waals surface area contributed by atoms with Crippen molar-refractivity contribution in [2.45, 2.75) is 36.6 Å². The van der Waals surface area contributed by atoms with Crippen LogP contribution in [0.1, 0.15) is 23.3 Å². The van der Waals surface area contributed by atoms with Gasteiger partial charge in [0.2, 0.25) is 10.0 Å². The van der Waals surface area contributed by atoms with Gasteiger partial charge in [-0.05, 0) is 25.0 Å². The Bertz CT molecular complexity index is 1210. The lowest BCUT2D eigenvalue weighted by atomic mass is 10.1. The molecule has 33 heavy (non-hydrogen) atoms. The molecular weight excluding hydrogens is 479 g/mol. The third kappa shape index (κ3) is 5.32. The smallest absolute Gasteiger partial charge is 0.392 e. The molecule has 0 unspecified atom stereocenters. The third-order valence-corrected chi connectivity index (χ3v) is 8.05. The van der Waals surface area contributed by atoms with Crippen LogP contribution in [0.2, 0.25) is 0 Å². The van der Waals surface area contributed by atoms with Gasteiger partial charge in [-0.15, -0.1) is 0 Å². The van der Waals surface area contributed by atoms with Crippen molar-refractivity contribution in [3.05, 3.63) is 53.3 Å². The van der Waals surface area contributed by atoms with E-state index in [-0.39, 0.29) is 35.8 Å². The van der Waals surface area contributed by atoms with Crippen molar-refractivity contribution in [3.8, 4) is 11.4 Å². The Morgan fingerprint density at radius 3 is 2.42 bits per heavy atom. The van der Waals surface area contributed by atoms with E-state index in [9.17, 15) is 21.6 Å².